The number of aromatic amines is 1. The van der Waals surface area contributed by atoms with E-state index in [1.807, 2.05) is 0 Å². The monoisotopic (exact) mass is 252 g/mol. The highest BCUT2D eigenvalue weighted by atomic mass is 16.2. The summed E-state index contributed by atoms with van der Waals surface area (Å²) in [5, 5.41) is 16.3. The van der Waals surface area contributed by atoms with Crippen LogP contribution in [0.25, 0.3) is 0 Å². The van der Waals surface area contributed by atoms with E-state index in [2.05, 4.69) is 25.9 Å². The predicted molar refractivity (Wildman–Crippen MR) is 65.2 cm³/mol. The molecule has 1 saturated carbocycles. The highest BCUT2D eigenvalue weighted by Crippen LogP contribution is 2.34. The minimum atomic E-state index is -0.403. The van der Waals surface area contributed by atoms with E-state index in [0.717, 1.165) is 25.7 Å². The van der Waals surface area contributed by atoms with E-state index >= 15 is 0 Å². The van der Waals surface area contributed by atoms with Crippen molar-refractivity contribution in [2.24, 2.45) is 11.1 Å². The molecule has 100 valence electrons. The standard InChI is InChI=1S/C11H20N6O/c12-8-11(5-3-1-2-4-6-11)10(18)13-7-9-14-16-17-15-9/h1-8,12H2,(H,13,18)(H,14,15,16,17). The first-order valence-corrected chi connectivity index (χ1v) is 6.47. The van der Waals surface area contributed by atoms with Crippen LogP contribution in [-0.2, 0) is 11.3 Å². The number of H-pyrrole nitrogens is 1. The van der Waals surface area contributed by atoms with Crippen molar-refractivity contribution in [2.75, 3.05) is 6.54 Å². The van der Waals surface area contributed by atoms with Crippen LogP contribution in [0.15, 0.2) is 0 Å². The Kier molecular flexibility index (Phi) is 4.24. The number of nitrogens with zero attached hydrogens (tertiary/aromatic N) is 3. The average molecular weight is 252 g/mol. The molecule has 7 nitrogen and oxygen atoms in total. The zero-order valence-electron chi connectivity index (χ0n) is 10.5. The first kappa shape index (κ1) is 12.9. The summed E-state index contributed by atoms with van der Waals surface area (Å²) in [5.41, 5.74) is 5.44. The first-order valence-electron chi connectivity index (χ1n) is 6.47. The first-order chi connectivity index (χ1) is 8.77. The van der Waals surface area contributed by atoms with Crippen molar-refractivity contribution in [1.82, 2.24) is 25.9 Å². The summed E-state index contributed by atoms with van der Waals surface area (Å²) in [5.74, 6) is 0.515. The van der Waals surface area contributed by atoms with Crippen molar-refractivity contribution in [3.8, 4) is 0 Å². The molecule has 4 N–H and O–H groups in total. The molecule has 1 fully saturated rings. The SMILES string of the molecule is NCC1(C(=O)NCc2nn[nH]n2)CCCCCC1. The van der Waals surface area contributed by atoms with E-state index in [9.17, 15) is 4.79 Å². The summed E-state index contributed by atoms with van der Waals surface area (Å²) in [4.78, 5) is 12.3. The van der Waals surface area contributed by atoms with E-state index in [0.29, 0.717) is 18.9 Å². The van der Waals surface area contributed by atoms with Crippen molar-refractivity contribution in [3.05, 3.63) is 5.82 Å². The van der Waals surface area contributed by atoms with Gasteiger partial charge in [0.15, 0.2) is 5.82 Å². The molecule has 0 bridgehead atoms. The summed E-state index contributed by atoms with van der Waals surface area (Å²) in [7, 11) is 0. The van der Waals surface area contributed by atoms with Gasteiger partial charge in [-0.25, -0.2) is 0 Å². The number of amides is 1. The number of rotatable bonds is 4. The van der Waals surface area contributed by atoms with Gasteiger partial charge in [-0.05, 0) is 12.8 Å². The molecule has 0 spiro atoms. The van der Waals surface area contributed by atoms with Crippen molar-refractivity contribution in [1.29, 1.82) is 0 Å². The fraction of sp³-hybridized carbons (Fsp3) is 0.818. The Morgan fingerprint density at radius 3 is 2.61 bits per heavy atom. The molecule has 1 aromatic rings. The van der Waals surface area contributed by atoms with Gasteiger partial charge in [-0.1, -0.05) is 30.9 Å². The number of hydrogen-bond donors (Lipinski definition) is 3. The van der Waals surface area contributed by atoms with Gasteiger partial charge in [-0.3, -0.25) is 4.79 Å². The lowest BCUT2D eigenvalue weighted by Crippen LogP contribution is -2.45. The van der Waals surface area contributed by atoms with E-state index < -0.39 is 5.41 Å². The zero-order chi connectivity index (χ0) is 12.8. The largest absolute Gasteiger partial charge is 0.348 e. The van der Waals surface area contributed by atoms with Gasteiger partial charge in [-0.2, -0.15) is 5.21 Å². The Labute approximate surface area is 106 Å². The van der Waals surface area contributed by atoms with Crippen LogP contribution in [0.2, 0.25) is 0 Å². The smallest absolute Gasteiger partial charge is 0.227 e. The number of aromatic nitrogens is 4. The lowest BCUT2D eigenvalue weighted by atomic mass is 9.79. The summed E-state index contributed by atoms with van der Waals surface area (Å²) in [6.07, 6.45) is 6.29. The molecule has 1 aromatic heterocycles. The van der Waals surface area contributed by atoms with Crippen LogP contribution in [0.1, 0.15) is 44.3 Å². The molecule has 1 aliphatic rings. The highest BCUT2D eigenvalue weighted by molar-refractivity contribution is 5.82. The molecule has 2 rings (SSSR count). The molecule has 1 heterocycles. The fourth-order valence-electron chi connectivity index (χ4n) is 2.53. The highest BCUT2D eigenvalue weighted by Gasteiger charge is 2.37. The third-order valence-electron chi connectivity index (χ3n) is 3.73. The van der Waals surface area contributed by atoms with Crippen LogP contribution in [0.5, 0.6) is 0 Å². The molecule has 1 aliphatic carbocycles. The van der Waals surface area contributed by atoms with Gasteiger partial charge < -0.3 is 11.1 Å². The second kappa shape index (κ2) is 5.90. The molecule has 0 saturated heterocycles. The molecule has 0 unspecified atom stereocenters. The number of carbonyl (C=O) groups excluding carboxylic acids is 1. The van der Waals surface area contributed by atoms with Gasteiger partial charge >= 0.3 is 0 Å². The fourth-order valence-corrected chi connectivity index (χ4v) is 2.53. The number of carbonyl (C=O) groups is 1. The molecular formula is C11H20N6O. The molecular weight excluding hydrogens is 232 g/mol. The van der Waals surface area contributed by atoms with Crippen molar-refractivity contribution in [3.63, 3.8) is 0 Å². The Hall–Kier alpha value is -1.50. The van der Waals surface area contributed by atoms with Gasteiger partial charge in [0.05, 0.1) is 12.0 Å². The Morgan fingerprint density at radius 1 is 1.33 bits per heavy atom. The minimum absolute atomic E-state index is 0.0247. The molecule has 1 amide bonds. The Balaban J connectivity index is 1.95. The second-order valence-corrected chi connectivity index (χ2v) is 4.91. The van der Waals surface area contributed by atoms with Crippen LogP contribution in [0.3, 0.4) is 0 Å². The maximum Gasteiger partial charge on any atom is 0.227 e. The Morgan fingerprint density at radius 2 is 2.06 bits per heavy atom. The van der Waals surface area contributed by atoms with E-state index in [-0.39, 0.29) is 5.91 Å². The summed E-state index contributed by atoms with van der Waals surface area (Å²) >= 11 is 0. The number of hydrogen-bond acceptors (Lipinski definition) is 5. The van der Waals surface area contributed by atoms with Crippen molar-refractivity contribution in [2.45, 2.75) is 45.1 Å². The van der Waals surface area contributed by atoms with Crippen LogP contribution < -0.4 is 11.1 Å². The van der Waals surface area contributed by atoms with Gasteiger partial charge in [0.2, 0.25) is 5.91 Å². The number of tetrazole rings is 1. The third-order valence-corrected chi connectivity index (χ3v) is 3.73. The maximum atomic E-state index is 12.3. The lowest BCUT2D eigenvalue weighted by molar-refractivity contribution is -0.131. The molecule has 0 radical (unpaired) electrons. The summed E-state index contributed by atoms with van der Waals surface area (Å²) in [6.45, 7) is 0.710. The quantitative estimate of drug-likeness (QED) is 0.659. The zero-order valence-corrected chi connectivity index (χ0v) is 10.5. The second-order valence-electron chi connectivity index (χ2n) is 4.91. The predicted octanol–water partition coefficient (Wildman–Crippen LogP) is 0.115. The lowest BCUT2D eigenvalue weighted by Gasteiger charge is -2.29. The average Bonchev–Trinajstić information content (AvgIpc) is 2.79. The third kappa shape index (κ3) is 2.84. The normalized spacial score (nSPS) is 19.2. The molecule has 0 aromatic carbocycles. The molecule has 7 heteroatoms. The molecule has 0 atom stereocenters. The van der Waals surface area contributed by atoms with E-state index in [1.165, 1.54) is 12.8 Å². The molecule has 18 heavy (non-hydrogen) atoms. The van der Waals surface area contributed by atoms with Gasteiger partial charge in [0, 0.05) is 6.54 Å². The van der Waals surface area contributed by atoms with Gasteiger partial charge in [-0.15, -0.1) is 10.2 Å². The summed E-state index contributed by atoms with van der Waals surface area (Å²) in [6, 6.07) is 0. The van der Waals surface area contributed by atoms with Gasteiger partial charge in [0.25, 0.3) is 0 Å². The van der Waals surface area contributed by atoms with Crippen LogP contribution in [0, 0.1) is 5.41 Å². The van der Waals surface area contributed by atoms with Crippen molar-refractivity contribution >= 4 is 5.91 Å². The van der Waals surface area contributed by atoms with Crippen LogP contribution in [0.4, 0.5) is 0 Å². The van der Waals surface area contributed by atoms with Crippen LogP contribution in [-0.4, -0.2) is 33.1 Å². The minimum Gasteiger partial charge on any atom is -0.348 e. The number of nitrogens with one attached hydrogen (secondary N) is 2. The molecule has 0 aliphatic heterocycles. The number of nitrogens with two attached hydrogens (primary N) is 1. The summed E-state index contributed by atoms with van der Waals surface area (Å²) < 4.78 is 0. The van der Waals surface area contributed by atoms with E-state index in [4.69, 9.17) is 5.73 Å². The Bertz CT molecular complexity index is 369. The van der Waals surface area contributed by atoms with Crippen molar-refractivity contribution < 1.29 is 4.79 Å². The van der Waals surface area contributed by atoms with Gasteiger partial charge in [0.1, 0.15) is 0 Å². The maximum absolute atomic E-state index is 12.3. The topological polar surface area (TPSA) is 110 Å². The van der Waals surface area contributed by atoms with Crippen LogP contribution >= 0.6 is 0 Å². The van der Waals surface area contributed by atoms with E-state index in [1.54, 1.807) is 0 Å².